The van der Waals surface area contributed by atoms with Gasteiger partial charge in [-0.15, -0.1) is 0 Å². The van der Waals surface area contributed by atoms with Crippen LogP contribution >= 0.6 is 0 Å². The van der Waals surface area contributed by atoms with Gasteiger partial charge in [-0.05, 0) is 31.6 Å². The van der Waals surface area contributed by atoms with Crippen molar-refractivity contribution in [2.45, 2.75) is 64.0 Å². The molecule has 2 fully saturated rings. The standard InChI is InChI=1S/C22H35N3O4/c1-14-10-11-16-18(17(14)20(27)23-2)22(29)25(12-6-7-13-26)19(16)21(28)24-15-8-4-3-5-9-15/h10-11,14-19,26H,3-9,12-13H2,1-2H3,(H,23,27)(H,24,28)/t14-,16+,17-,18+,19+/m1/s1. The quantitative estimate of drug-likeness (QED) is 0.438. The second-order valence-corrected chi connectivity index (χ2v) is 8.74. The minimum Gasteiger partial charge on any atom is -0.396 e. The lowest BCUT2D eigenvalue weighted by atomic mass is 9.70. The van der Waals surface area contributed by atoms with E-state index in [2.05, 4.69) is 10.6 Å². The van der Waals surface area contributed by atoms with Gasteiger partial charge >= 0.3 is 0 Å². The predicted octanol–water partition coefficient (Wildman–Crippen LogP) is 1.22. The minimum absolute atomic E-state index is 0.0559. The van der Waals surface area contributed by atoms with E-state index in [1.165, 1.54) is 6.42 Å². The number of aliphatic hydroxyl groups excluding tert-OH is 1. The molecule has 0 aromatic rings. The molecule has 3 rings (SSSR count). The third kappa shape index (κ3) is 4.49. The van der Waals surface area contributed by atoms with Crippen LogP contribution in [0.25, 0.3) is 0 Å². The van der Waals surface area contributed by atoms with E-state index < -0.39 is 17.9 Å². The summed E-state index contributed by atoms with van der Waals surface area (Å²) >= 11 is 0. The van der Waals surface area contributed by atoms with Crippen LogP contribution in [0.4, 0.5) is 0 Å². The number of carbonyl (C=O) groups excluding carboxylic acids is 3. The number of nitrogens with zero attached hydrogens (tertiary/aromatic N) is 1. The summed E-state index contributed by atoms with van der Waals surface area (Å²) in [5.74, 6) is -1.67. The molecule has 1 aliphatic heterocycles. The van der Waals surface area contributed by atoms with Crippen LogP contribution in [-0.2, 0) is 14.4 Å². The zero-order valence-corrected chi connectivity index (χ0v) is 17.6. The summed E-state index contributed by atoms with van der Waals surface area (Å²) < 4.78 is 0. The van der Waals surface area contributed by atoms with Crippen molar-refractivity contribution in [1.82, 2.24) is 15.5 Å². The molecule has 0 spiro atoms. The van der Waals surface area contributed by atoms with E-state index in [1.807, 2.05) is 19.1 Å². The Bertz CT molecular complexity index is 644. The molecule has 1 saturated carbocycles. The Hall–Kier alpha value is -1.89. The molecular weight excluding hydrogens is 370 g/mol. The summed E-state index contributed by atoms with van der Waals surface area (Å²) in [6, 6.07) is -0.407. The lowest BCUT2D eigenvalue weighted by Crippen LogP contribution is -2.50. The topological polar surface area (TPSA) is 98.7 Å². The van der Waals surface area contributed by atoms with Gasteiger partial charge in [0.1, 0.15) is 6.04 Å². The average Bonchev–Trinajstić information content (AvgIpc) is 3.00. The molecule has 3 amide bonds. The fraction of sp³-hybridized carbons (Fsp3) is 0.773. The van der Waals surface area contributed by atoms with Gasteiger partial charge in [0.05, 0.1) is 11.8 Å². The molecule has 3 N–H and O–H groups in total. The highest BCUT2D eigenvalue weighted by molar-refractivity contribution is 5.96. The maximum Gasteiger partial charge on any atom is 0.243 e. The van der Waals surface area contributed by atoms with Crippen LogP contribution in [0.5, 0.6) is 0 Å². The molecule has 29 heavy (non-hydrogen) atoms. The number of unbranched alkanes of at least 4 members (excludes halogenated alkanes) is 1. The number of aliphatic hydroxyl groups is 1. The van der Waals surface area contributed by atoms with Gasteiger partial charge in [-0.25, -0.2) is 0 Å². The first-order valence-corrected chi connectivity index (χ1v) is 11.1. The van der Waals surface area contributed by atoms with Crippen LogP contribution in [-0.4, -0.2) is 60.0 Å². The van der Waals surface area contributed by atoms with Crippen molar-refractivity contribution >= 4 is 17.7 Å². The first kappa shape index (κ1) is 21.8. The zero-order valence-electron chi connectivity index (χ0n) is 17.6. The van der Waals surface area contributed by atoms with Crippen LogP contribution in [0, 0.1) is 23.7 Å². The van der Waals surface area contributed by atoms with Crippen LogP contribution in [0.3, 0.4) is 0 Å². The SMILES string of the molecule is CNC(=O)[C@H]1[C@H]2C(=O)N(CCCCO)[C@H](C(=O)NC3CCCCC3)[C@H]2C=C[C@H]1C. The zero-order chi connectivity index (χ0) is 21.0. The van der Waals surface area contributed by atoms with Gasteiger partial charge in [-0.3, -0.25) is 14.4 Å². The number of fused-ring (bicyclic) bond motifs is 1. The molecule has 2 aliphatic carbocycles. The maximum absolute atomic E-state index is 13.4. The largest absolute Gasteiger partial charge is 0.396 e. The molecule has 7 heteroatoms. The minimum atomic E-state index is -0.580. The Morgan fingerprint density at radius 1 is 1.14 bits per heavy atom. The van der Waals surface area contributed by atoms with Crippen molar-refractivity contribution in [2.75, 3.05) is 20.2 Å². The Balaban J connectivity index is 1.85. The van der Waals surface area contributed by atoms with Crippen molar-refractivity contribution in [3.8, 4) is 0 Å². The van der Waals surface area contributed by atoms with Gasteiger partial charge in [0.15, 0.2) is 0 Å². The van der Waals surface area contributed by atoms with Crippen LogP contribution < -0.4 is 10.6 Å². The molecule has 1 heterocycles. The second kappa shape index (κ2) is 9.74. The summed E-state index contributed by atoms with van der Waals surface area (Å²) in [5.41, 5.74) is 0. The van der Waals surface area contributed by atoms with Gasteiger partial charge in [0, 0.05) is 32.2 Å². The number of hydrogen-bond acceptors (Lipinski definition) is 4. The lowest BCUT2D eigenvalue weighted by Gasteiger charge is -2.33. The molecule has 0 aromatic carbocycles. The number of amides is 3. The average molecular weight is 406 g/mol. The number of hydrogen-bond donors (Lipinski definition) is 3. The van der Waals surface area contributed by atoms with Crippen molar-refractivity contribution in [3.63, 3.8) is 0 Å². The third-order valence-corrected chi connectivity index (χ3v) is 6.85. The van der Waals surface area contributed by atoms with E-state index in [0.717, 1.165) is 25.7 Å². The first-order valence-electron chi connectivity index (χ1n) is 11.1. The first-order chi connectivity index (χ1) is 14.0. The van der Waals surface area contributed by atoms with E-state index in [-0.39, 0.29) is 42.2 Å². The monoisotopic (exact) mass is 405 g/mol. The highest BCUT2D eigenvalue weighted by Gasteiger charge is 2.56. The van der Waals surface area contributed by atoms with E-state index >= 15 is 0 Å². The highest BCUT2D eigenvalue weighted by Crippen LogP contribution is 2.44. The maximum atomic E-state index is 13.4. The second-order valence-electron chi connectivity index (χ2n) is 8.74. The number of carbonyl (C=O) groups is 3. The fourth-order valence-corrected chi connectivity index (χ4v) is 5.33. The lowest BCUT2D eigenvalue weighted by molar-refractivity contribution is -0.140. The molecule has 3 aliphatic rings. The Kier molecular flexibility index (Phi) is 7.33. The molecule has 0 unspecified atom stereocenters. The van der Waals surface area contributed by atoms with Crippen molar-refractivity contribution in [2.24, 2.45) is 23.7 Å². The molecule has 5 atom stereocenters. The van der Waals surface area contributed by atoms with Crippen LogP contribution in [0.15, 0.2) is 12.2 Å². The van der Waals surface area contributed by atoms with Crippen LogP contribution in [0.2, 0.25) is 0 Å². The number of nitrogens with one attached hydrogen (secondary N) is 2. The van der Waals surface area contributed by atoms with Gasteiger partial charge in [-0.2, -0.15) is 0 Å². The number of likely N-dealkylation sites (tertiary alicyclic amines) is 1. The van der Waals surface area contributed by atoms with E-state index in [0.29, 0.717) is 19.4 Å². The van der Waals surface area contributed by atoms with E-state index in [1.54, 1.807) is 11.9 Å². The smallest absolute Gasteiger partial charge is 0.243 e. The Labute approximate surface area is 173 Å². The molecule has 1 saturated heterocycles. The third-order valence-electron chi connectivity index (χ3n) is 6.85. The summed E-state index contributed by atoms with van der Waals surface area (Å²) in [7, 11) is 1.59. The summed E-state index contributed by atoms with van der Waals surface area (Å²) in [6.45, 7) is 2.44. The summed E-state index contributed by atoms with van der Waals surface area (Å²) in [4.78, 5) is 40.9. The Morgan fingerprint density at radius 3 is 2.52 bits per heavy atom. The molecule has 0 aromatic heterocycles. The normalized spacial score (nSPS) is 32.2. The highest BCUT2D eigenvalue weighted by atomic mass is 16.3. The molecular formula is C22H35N3O4. The van der Waals surface area contributed by atoms with Gasteiger partial charge in [0.25, 0.3) is 0 Å². The van der Waals surface area contributed by atoms with Crippen molar-refractivity contribution in [3.05, 3.63) is 12.2 Å². The number of allylic oxidation sites excluding steroid dienone is 1. The van der Waals surface area contributed by atoms with Gasteiger partial charge < -0.3 is 20.6 Å². The van der Waals surface area contributed by atoms with Gasteiger partial charge in [0.2, 0.25) is 17.7 Å². The van der Waals surface area contributed by atoms with Crippen LogP contribution in [0.1, 0.15) is 51.9 Å². The summed E-state index contributed by atoms with van der Waals surface area (Å²) in [5, 5.41) is 15.0. The molecule has 7 nitrogen and oxygen atoms in total. The van der Waals surface area contributed by atoms with E-state index in [9.17, 15) is 14.4 Å². The Morgan fingerprint density at radius 2 is 1.86 bits per heavy atom. The number of rotatable bonds is 7. The molecule has 0 radical (unpaired) electrons. The molecule has 162 valence electrons. The summed E-state index contributed by atoms with van der Waals surface area (Å²) in [6.07, 6.45) is 10.6. The van der Waals surface area contributed by atoms with Crippen molar-refractivity contribution < 1.29 is 19.5 Å². The van der Waals surface area contributed by atoms with Crippen molar-refractivity contribution in [1.29, 1.82) is 0 Å². The predicted molar refractivity (Wildman–Crippen MR) is 110 cm³/mol. The van der Waals surface area contributed by atoms with Gasteiger partial charge in [-0.1, -0.05) is 38.3 Å². The molecule has 0 bridgehead atoms. The van der Waals surface area contributed by atoms with E-state index in [4.69, 9.17) is 5.11 Å². The fourth-order valence-electron chi connectivity index (χ4n) is 5.33.